The topological polar surface area (TPSA) is 0 Å². The molecular weight excluding hydrogens is 228 g/mol. The van der Waals surface area contributed by atoms with Crippen LogP contribution >= 0.6 is 0 Å². The van der Waals surface area contributed by atoms with E-state index in [0.29, 0.717) is 0 Å². The lowest BCUT2D eigenvalue weighted by Gasteiger charge is -2.02. The van der Waals surface area contributed by atoms with Gasteiger partial charge in [0.2, 0.25) is 0 Å². The molecule has 0 amide bonds. The Labute approximate surface area is 122 Å². The van der Waals surface area contributed by atoms with E-state index in [9.17, 15) is 0 Å². The summed E-state index contributed by atoms with van der Waals surface area (Å²) < 4.78 is 0. The molecule has 0 bridgehead atoms. The molecule has 0 aromatic carbocycles. The first-order valence-electron chi connectivity index (χ1n) is 8.65. The third-order valence-corrected chi connectivity index (χ3v) is 3.68. The molecule has 0 unspecified atom stereocenters. The van der Waals surface area contributed by atoms with Crippen molar-refractivity contribution in [2.24, 2.45) is 0 Å². The largest absolute Gasteiger partial charge is 0.0958 e. The van der Waals surface area contributed by atoms with Gasteiger partial charge in [0.25, 0.3) is 0 Å². The zero-order chi connectivity index (χ0) is 14.2. The molecule has 0 N–H and O–H groups in total. The van der Waals surface area contributed by atoms with Gasteiger partial charge >= 0.3 is 0 Å². The number of allylic oxidation sites excluding steroid dienone is 3. The minimum atomic E-state index is 1.19. The smallest absolute Gasteiger partial charge is 0.0285 e. The van der Waals surface area contributed by atoms with Crippen LogP contribution in [0.4, 0.5) is 0 Å². The van der Waals surface area contributed by atoms with E-state index in [1.165, 1.54) is 89.0 Å². The highest BCUT2D eigenvalue weighted by Gasteiger charge is 1.93. The van der Waals surface area contributed by atoms with Gasteiger partial charge in [0, 0.05) is 0 Å². The maximum absolute atomic E-state index is 4.14. The highest BCUT2D eigenvalue weighted by molar-refractivity contribution is 5.13. The summed E-state index contributed by atoms with van der Waals surface area (Å²) in [6.45, 7) is 8.68. The number of hydrogen-bond acceptors (Lipinski definition) is 0. The van der Waals surface area contributed by atoms with Crippen molar-refractivity contribution in [3.8, 4) is 0 Å². The summed E-state index contributed by atoms with van der Waals surface area (Å²) in [4.78, 5) is 0. The lowest BCUT2D eigenvalue weighted by molar-refractivity contribution is 0.576. The molecule has 0 fully saturated rings. The minimum absolute atomic E-state index is 1.19. The summed E-state index contributed by atoms with van der Waals surface area (Å²) in [7, 11) is 0. The molecule has 0 aliphatic rings. The minimum Gasteiger partial charge on any atom is -0.0958 e. The average Bonchev–Trinajstić information content (AvgIpc) is 2.41. The van der Waals surface area contributed by atoms with Crippen molar-refractivity contribution in [2.75, 3.05) is 0 Å². The van der Waals surface area contributed by atoms with Gasteiger partial charge in [0.05, 0.1) is 0 Å². The Bertz CT molecular complexity index is 212. The molecule has 0 rings (SSSR count). The van der Waals surface area contributed by atoms with Gasteiger partial charge < -0.3 is 0 Å². The second kappa shape index (κ2) is 15.5. The van der Waals surface area contributed by atoms with Gasteiger partial charge in [-0.25, -0.2) is 0 Å². The molecule has 19 heavy (non-hydrogen) atoms. The van der Waals surface area contributed by atoms with E-state index >= 15 is 0 Å². The second-order valence-electron chi connectivity index (χ2n) is 5.78. The van der Waals surface area contributed by atoms with E-state index in [2.05, 4.69) is 32.6 Å². The van der Waals surface area contributed by atoms with Crippen molar-refractivity contribution < 1.29 is 0 Å². The van der Waals surface area contributed by atoms with Crippen LogP contribution in [0.25, 0.3) is 0 Å². The van der Waals surface area contributed by atoms with Crippen LogP contribution < -0.4 is 0 Å². The van der Waals surface area contributed by atoms with Crippen LogP contribution in [0.5, 0.6) is 0 Å². The Kier molecular flexibility index (Phi) is 15.1. The van der Waals surface area contributed by atoms with Crippen molar-refractivity contribution in [1.29, 1.82) is 0 Å². The molecule has 0 aliphatic carbocycles. The molecule has 0 heterocycles. The molecular formula is C19H36. The predicted octanol–water partition coefficient (Wildman–Crippen LogP) is 7.21. The summed E-state index contributed by atoms with van der Waals surface area (Å²) in [5.74, 6) is 0. The summed E-state index contributed by atoms with van der Waals surface area (Å²) in [5, 5.41) is 0. The Balaban J connectivity index is 3.24. The Morgan fingerprint density at radius 1 is 0.737 bits per heavy atom. The molecule has 0 aromatic heterocycles. The summed E-state index contributed by atoms with van der Waals surface area (Å²) >= 11 is 0. The molecule has 0 aliphatic heterocycles. The van der Waals surface area contributed by atoms with E-state index < -0.39 is 0 Å². The van der Waals surface area contributed by atoms with Crippen molar-refractivity contribution in [1.82, 2.24) is 0 Å². The monoisotopic (exact) mass is 264 g/mol. The van der Waals surface area contributed by atoms with Crippen LogP contribution in [0.15, 0.2) is 24.3 Å². The van der Waals surface area contributed by atoms with E-state index in [4.69, 9.17) is 0 Å². The van der Waals surface area contributed by atoms with E-state index in [-0.39, 0.29) is 0 Å². The van der Waals surface area contributed by atoms with Gasteiger partial charge in [-0.05, 0) is 25.7 Å². The molecule has 0 nitrogen and oxygen atoms in total. The van der Waals surface area contributed by atoms with Crippen LogP contribution in [0, 0.1) is 0 Å². The van der Waals surface area contributed by atoms with Crippen LogP contribution in [-0.4, -0.2) is 0 Å². The standard InChI is InChI=1S/C19H36/c1-4-6-8-10-11-12-14-16-18-19(3)17-15-13-9-7-5-2/h15,17H,3-14,16,18H2,1-2H3/b17-15+. The maximum Gasteiger partial charge on any atom is -0.0285 e. The van der Waals surface area contributed by atoms with Crippen LogP contribution in [0.1, 0.15) is 97.3 Å². The molecule has 0 saturated heterocycles. The normalized spacial score (nSPS) is 11.3. The third-order valence-electron chi connectivity index (χ3n) is 3.68. The van der Waals surface area contributed by atoms with E-state index in [1.807, 2.05) is 0 Å². The van der Waals surface area contributed by atoms with Gasteiger partial charge in [-0.15, -0.1) is 0 Å². The fourth-order valence-electron chi connectivity index (χ4n) is 2.33. The van der Waals surface area contributed by atoms with Crippen LogP contribution in [0.3, 0.4) is 0 Å². The molecule has 0 aromatic rings. The highest BCUT2D eigenvalue weighted by atomic mass is 14.0. The van der Waals surface area contributed by atoms with Gasteiger partial charge in [-0.3, -0.25) is 0 Å². The van der Waals surface area contributed by atoms with Crippen LogP contribution in [-0.2, 0) is 0 Å². The van der Waals surface area contributed by atoms with Gasteiger partial charge in [0.15, 0.2) is 0 Å². The van der Waals surface area contributed by atoms with Gasteiger partial charge in [-0.1, -0.05) is 95.9 Å². The summed E-state index contributed by atoms with van der Waals surface area (Å²) in [6, 6.07) is 0. The van der Waals surface area contributed by atoms with Crippen molar-refractivity contribution in [3.63, 3.8) is 0 Å². The lowest BCUT2D eigenvalue weighted by Crippen LogP contribution is -1.82. The zero-order valence-electron chi connectivity index (χ0n) is 13.6. The maximum atomic E-state index is 4.14. The molecule has 112 valence electrons. The van der Waals surface area contributed by atoms with E-state index in [0.717, 1.165) is 0 Å². The fraction of sp³-hybridized carbons (Fsp3) is 0.789. The molecule has 0 saturated carbocycles. The molecule has 0 heteroatoms. The summed E-state index contributed by atoms with van der Waals surface area (Å²) in [5.41, 5.74) is 1.32. The quantitative estimate of drug-likeness (QED) is 0.230. The Morgan fingerprint density at radius 2 is 1.26 bits per heavy atom. The average molecular weight is 264 g/mol. The van der Waals surface area contributed by atoms with E-state index in [1.54, 1.807) is 0 Å². The lowest BCUT2D eigenvalue weighted by atomic mass is 10.0. The molecule has 0 spiro atoms. The first kappa shape index (κ1) is 18.5. The SMILES string of the molecule is C=C(/C=C/CCCCC)CCCCCCCCCC. The number of rotatable bonds is 14. The van der Waals surface area contributed by atoms with Crippen LogP contribution in [0.2, 0.25) is 0 Å². The second-order valence-corrected chi connectivity index (χ2v) is 5.78. The van der Waals surface area contributed by atoms with Gasteiger partial charge in [0.1, 0.15) is 0 Å². The third kappa shape index (κ3) is 15.4. The van der Waals surface area contributed by atoms with Crippen molar-refractivity contribution >= 4 is 0 Å². The highest BCUT2D eigenvalue weighted by Crippen LogP contribution is 2.13. The Morgan fingerprint density at radius 3 is 1.89 bits per heavy atom. The van der Waals surface area contributed by atoms with Crippen molar-refractivity contribution in [2.45, 2.75) is 97.3 Å². The van der Waals surface area contributed by atoms with Gasteiger partial charge in [-0.2, -0.15) is 0 Å². The summed E-state index contributed by atoms with van der Waals surface area (Å²) in [6.07, 6.45) is 22.2. The molecule has 0 atom stereocenters. The zero-order valence-corrected chi connectivity index (χ0v) is 13.6. The fourth-order valence-corrected chi connectivity index (χ4v) is 2.33. The number of unbranched alkanes of at least 4 members (excludes halogenated alkanes) is 10. The first-order chi connectivity index (χ1) is 9.31. The molecule has 0 radical (unpaired) electrons. The number of hydrogen-bond donors (Lipinski definition) is 0. The van der Waals surface area contributed by atoms with Crippen molar-refractivity contribution in [3.05, 3.63) is 24.3 Å². The predicted molar refractivity (Wildman–Crippen MR) is 89.6 cm³/mol. The Hall–Kier alpha value is -0.520. The first-order valence-corrected chi connectivity index (χ1v) is 8.65.